The third-order valence-electron chi connectivity index (χ3n) is 2.89. The summed E-state index contributed by atoms with van der Waals surface area (Å²) in [5, 5.41) is 18.6. The molecular weight excluding hydrogens is 313 g/mol. The number of carbonyl (C=O) groups is 1. The fourth-order valence-corrected chi connectivity index (χ4v) is 1.57. The van der Waals surface area contributed by atoms with Crippen molar-refractivity contribution in [1.82, 2.24) is 0 Å². The van der Waals surface area contributed by atoms with E-state index >= 15 is 0 Å². The SMILES string of the molecule is O=C(O)/C(C=NC1CC1)=C(\O)c1c(F)c(F)c(F)c(F)c1F. The maximum absolute atomic E-state index is 13.5. The molecule has 1 aromatic rings. The summed E-state index contributed by atoms with van der Waals surface area (Å²) in [5.41, 5.74) is -2.79. The van der Waals surface area contributed by atoms with Crippen LogP contribution in [0.4, 0.5) is 22.0 Å². The van der Waals surface area contributed by atoms with Crippen LogP contribution in [0.15, 0.2) is 10.6 Å². The fourth-order valence-electron chi connectivity index (χ4n) is 1.57. The van der Waals surface area contributed by atoms with Gasteiger partial charge in [-0.25, -0.2) is 26.7 Å². The van der Waals surface area contributed by atoms with Crippen LogP contribution in [0.3, 0.4) is 0 Å². The predicted molar refractivity (Wildman–Crippen MR) is 64.9 cm³/mol. The zero-order valence-electron chi connectivity index (χ0n) is 10.7. The molecular formula is C13H8F5NO3. The Kier molecular flexibility index (Phi) is 4.16. The van der Waals surface area contributed by atoms with E-state index in [-0.39, 0.29) is 6.04 Å². The van der Waals surface area contributed by atoms with Gasteiger partial charge in [0, 0.05) is 6.21 Å². The van der Waals surface area contributed by atoms with Gasteiger partial charge in [0.25, 0.3) is 0 Å². The molecule has 0 radical (unpaired) electrons. The Hall–Kier alpha value is -2.45. The third-order valence-corrected chi connectivity index (χ3v) is 2.89. The number of hydrogen-bond donors (Lipinski definition) is 2. The Morgan fingerprint density at radius 2 is 1.41 bits per heavy atom. The summed E-state index contributed by atoms with van der Waals surface area (Å²) in [6.07, 6.45) is 1.98. The molecule has 1 saturated carbocycles. The molecule has 1 aliphatic carbocycles. The molecule has 2 N–H and O–H groups in total. The van der Waals surface area contributed by atoms with Crippen LogP contribution >= 0.6 is 0 Å². The summed E-state index contributed by atoms with van der Waals surface area (Å²) in [6.45, 7) is 0. The molecule has 0 aliphatic heterocycles. The van der Waals surface area contributed by atoms with Gasteiger partial charge < -0.3 is 10.2 Å². The van der Waals surface area contributed by atoms with Crippen LogP contribution in [0, 0.1) is 29.1 Å². The molecule has 1 fully saturated rings. The lowest BCUT2D eigenvalue weighted by molar-refractivity contribution is -0.132. The van der Waals surface area contributed by atoms with E-state index < -0.39 is 52.0 Å². The van der Waals surface area contributed by atoms with Gasteiger partial charge in [-0.05, 0) is 12.8 Å². The monoisotopic (exact) mass is 321 g/mol. The van der Waals surface area contributed by atoms with Crippen molar-refractivity contribution in [2.75, 3.05) is 0 Å². The van der Waals surface area contributed by atoms with Crippen molar-refractivity contribution in [3.63, 3.8) is 0 Å². The van der Waals surface area contributed by atoms with E-state index in [1.165, 1.54) is 0 Å². The number of aliphatic carboxylic acids is 1. The van der Waals surface area contributed by atoms with Gasteiger partial charge in [0.1, 0.15) is 11.3 Å². The number of aliphatic hydroxyl groups excluding tert-OH is 1. The average Bonchev–Trinajstić information content (AvgIpc) is 3.27. The molecule has 0 heterocycles. The number of aliphatic imine (C=N–C) groups is 1. The second-order valence-corrected chi connectivity index (χ2v) is 4.52. The first-order valence-electron chi connectivity index (χ1n) is 5.97. The molecule has 0 bridgehead atoms. The topological polar surface area (TPSA) is 69.9 Å². The van der Waals surface area contributed by atoms with E-state index in [1.807, 2.05) is 0 Å². The summed E-state index contributed by atoms with van der Waals surface area (Å²) in [6, 6.07) is -0.182. The lowest BCUT2D eigenvalue weighted by atomic mass is 10.1. The standard InChI is InChI=1S/C13H8F5NO3/c14-7-6(8(15)10(17)11(18)9(7)16)12(20)5(13(21)22)3-19-4-1-2-4/h3-4,20H,1-2H2,(H,21,22)/b12-5-,19-3?. The van der Waals surface area contributed by atoms with E-state index in [0.29, 0.717) is 19.1 Å². The molecule has 9 heteroatoms. The van der Waals surface area contributed by atoms with Gasteiger partial charge in [-0.15, -0.1) is 0 Å². The summed E-state index contributed by atoms with van der Waals surface area (Å²) in [5.74, 6) is -15.1. The van der Waals surface area contributed by atoms with E-state index in [4.69, 9.17) is 5.11 Å². The lowest BCUT2D eigenvalue weighted by Gasteiger charge is -2.09. The van der Waals surface area contributed by atoms with Crippen LogP contribution in [0.2, 0.25) is 0 Å². The minimum atomic E-state index is -2.41. The minimum Gasteiger partial charge on any atom is -0.506 e. The van der Waals surface area contributed by atoms with Crippen molar-refractivity contribution in [3.05, 3.63) is 40.2 Å². The number of aliphatic hydroxyl groups is 1. The predicted octanol–water partition coefficient (Wildman–Crippen LogP) is 2.97. The van der Waals surface area contributed by atoms with Gasteiger partial charge >= 0.3 is 5.97 Å². The van der Waals surface area contributed by atoms with Crippen LogP contribution in [0.25, 0.3) is 5.76 Å². The van der Waals surface area contributed by atoms with Gasteiger partial charge in [-0.3, -0.25) is 4.99 Å². The molecule has 1 aliphatic rings. The second kappa shape index (κ2) is 5.74. The first kappa shape index (κ1) is 15.9. The van der Waals surface area contributed by atoms with Crippen molar-refractivity contribution in [2.24, 2.45) is 4.99 Å². The molecule has 0 atom stereocenters. The molecule has 0 spiro atoms. The highest BCUT2D eigenvalue weighted by Gasteiger charge is 2.30. The zero-order valence-corrected chi connectivity index (χ0v) is 10.7. The van der Waals surface area contributed by atoms with Crippen molar-refractivity contribution in [1.29, 1.82) is 0 Å². The summed E-state index contributed by atoms with van der Waals surface area (Å²) < 4.78 is 66.1. The lowest BCUT2D eigenvalue weighted by Crippen LogP contribution is -2.12. The molecule has 118 valence electrons. The zero-order chi connectivity index (χ0) is 16.6. The van der Waals surface area contributed by atoms with Crippen LogP contribution in [-0.4, -0.2) is 28.4 Å². The van der Waals surface area contributed by atoms with Gasteiger partial charge in [-0.2, -0.15) is 0 Å². The highest BCUT2D eigenvalue weighted by Crippen LogP contribution is 2.29. The summed E-state index contributed by atoms with van der Waals surface area (Å²) >= 11 is 0. The van der Waals surface area contributed by atoms with Crippen LogP contribution in [-0.2, 0) is 4.79 Å². The first-order chi connectivity index (χ1) is 10.3. The van der Waals surface area contributed by atoms with E-state index in [0.717, 1.165) is 0 Å². The van der Waals surface area contributed by atoms with Crippen molar-refractivity contribution >= 4 is 17.9 Å². The second-order valence-electron chi connectivity index (χ2n) is 4.52. The van der Waals surface area contributed by atoms with Crippen LogP contribution in [0.5, 0.6) is 0 Å². The third kappa shape index (κ3) is 2.78. The Balaban J connectivity index is 2.66. The Labute approximate surface area is 120 Å². The fraction of sp³-hybridized carbons (Fsp3) is 0.231. The largest absolute Gasteiger partial charge is 0.506 e. The smallest absolute Gasteiger partial charge is 0.341 e. The van der Waals surface area contributed by atoms with E-state index in [9.17, 15) is 31.9 Å². The molecule has 0 saturated heterocycles. The average molecular weight is 321 g/mol. The number of nitrogens with zero attached hydrogens (tertiary/aromatic N) is 1. The highest BCUT2D eigenvalue weighted by atomic mass is 19.2. The van der Waals surface area contributed by atoms with Crippen LogP contribution < -0.4 is 0 Å². The number of hydrogen-bond acceptors (Lipinski definition) is 3. The number of carboxylic acid groups (broad SMARTS) is 1. The molecule has 4 nitrogen and oxygen atoms in total. The van der Waals surface area contributed by atoms with E-state index in [2.05, 4.69) is 4.99 Å². The summed E-state index contributed by atoms with van der Waals surface area (Å²) in [7, 11) is 0. The highest BCUT2D eigenvalue weighted by molar-refractivity contribution is 6.14. The molecule has 1 aromatic carbocycles. The van der Waals surface area contributed by atoms with Gasteiger partial charge in [0.15, 0.2) is 23.3 Å². The maximum atomic E-state index is 13.5. The van der Waals surface area contributed by atoms with Gasteiger partial charge in [0.2, 0.25) is 5.82 Å². The Bertz CT molecular complexity index is 681. The number of halogens is 5. The molecule has 0 aromatic heterocycles. The van der Waals surface area contributed by atoms with Gasteiger partial charge in [0.05, 0.1) is 11.6 Å². The number of benzene rings is 1. The van der Waals surface area contributed by atoms with E-state index in [1.54, 1.807) is 0 Å². The number of rotatable bonds is 4. The molecule has 0 amide bonds. The van der Waals surface area contributed by atoms with Crippen molar-refractivity contribution in [2.45, 2.75) is 18.9 Å². The van der Waals surface area contributed by atoms with Crippen molar-refractivity contribution in [3.8, 4) is 0 Å². The quantitative estimate of drug-likeness (QED) is 0.224. The number of carboxylic acids is 1. The Morgan fingerprint density at radius 1 is 0.955 bits per heavy atom. The van der Waals surface area contributed by atoms with Crippen molar-refractivity contribution < 1.29 is 37.0 Å². The molecule has 22 heavy (non-hydrogen) atoms. The Morgan fingerprint density at radius 3 is 1.82 bits per heavy atom. The summed E-state index contributed by atoms with van der Waals surface area (Å²) in [4.78, 5) is 14.7. The first-order valence-corrected chi connectivity index (χ1v) is 5.97. The normalized spacial score (nSPS) is 16.0. The maximum Gasteiger partial charge on any atom is 0.341 e. The molecule has 2 rings (SSSR count). The molecule has 0 unspecified atom stereocenters. The van der Waals surface area contributed by atoms with Gasteiger partial charge in [-0.1, -0.05) is 0 Å². The minimum absolute atomic E-state index is 0.182. The van der Waals surface area contributed by atoms with Crippen LogP contribution in [0.1, 0.15) is 18.4 Å².